The molecule has 0 amide bonds. The van der Waals surface area contributed by atoms with Gasteiger partial charge in [0.1, 0.15) is 5.69 Å². The van der Waals surface area contributed by atoms with Crippen molar-refractivity contribution in [1.82, 2.24) is 4.90 Å². The minimum atomic E-state index is -4.31. The summed E-state index contributed by atoms with van der Waals surface area (Å²) in [4.78, 5) is 11.2. The summed E-state index contributed by atoms with van der Waals surface area (Å²) >= 11 is 0. The van der Waals surface area contributed by atoms with Crippen LogP contribution in [0.3, 0.4) is 0 Å². The lowest BCUT2D eigenvalue weighted by Crippen LogP contribution is -2.33. The van der Waals surface area contributed by atoms with Crippen LogP contribution in [0, 0.1) is 10.1 Å². The molecule has 0 aliphatic heterocycles. The number of hydrogen-bond donors (Lipinski definition) is 1. The Balaban J connectivity index is 2.92. The molecule has 19 heavy (non-hydrogen) atoms. The molecule has 0 aromatic heterocycles. The monoisotopic (exact) mass is 277 g/mol. The Morgan fingerprint density at radius 1 is 1.42 bits per heavy atom. The third-order valence-corrected chi connectivity index (χ3v) is 2.61. The highest BCUT2D eigenvalue weighted by molar-refractivity contribution is 5.62. The molecular formula is C11H14F3N3O2. The van der Waals surface area contributed by atoms with Gasteiger partial charge in [-0.05, 0) is 12.1 Å². The van der Waals surface area contributed by atoms with Crippen LogP contribution >= 0.6 is 0 Å². The van der Waals surface area contributed by atoms with Crippen molar-refractivity contribution < 1.29 is 18.1 Å². The van der Waals surface area contributed by atoms with Gasteiger partial charge in [-0.25, -0.2) is 0 Å². The number of hydrogen-bond acceptors (Lipinski definition) is 4. The van der Waals surface area contributed by atoms with E-state index < -0.39 is 17.6 Å². The summed E-state index contributed by atoms with van der Waals surface area (Å²) in [5.74, 6) is 0. The van der Waals surface area contributed by atoms with Gasteiger partial charge in [0.15, 0.2) is 0 Å². The van der Waals surface area contributed by atoms with E-state index in [0.29, 0.717) is 5.56 Å². The number of benzene rings is 1. The zero-order chi connectivity index (χ0) is 14.6. The van der Waals surface area contributed by atoms with Gasteiger partial charge in [0.2, 0.25) is 0 Å². The van der Waals surface area contributed by atoms with Gasteiger partial charge in [0.25, 0.3) is 5.69 Å². The predicted octanol–water partition coefficient (Wildman–Crippen LogP) is 2.56. The van der Waals surface area contributed by atoms with Crippen molar-refractivity contribution in [3.63, 3.8) is 0 Å². The Morgan fingerprint density at radius 3 is 2.53 bits per heavy atom. The SMILES string of the molecule is CCN(Cc1cccc([N+](=O)[O-])c1N)CC(F)(F)F. The van der Waals surface area contributed by atoms with Crippen LogP contribution in [0.1, 0.15) is 12.5 Å². The smallest absolute Gasteiger partial charge is 0.393 e. The van der Waals surface area contributed by atoms with Crippen molar-refractivity contribution in [2.75, 3.05) is 18.8 Å². The van der Waals surface area contributed by atoms with Gasteiger partial charge < -0.3 is 5.73 Å². The molecule has 106 valence electrons. The van der Waals surface area contributed by atoms with Crippen molar-refractivity contribution in [3.8, 4) is 0 Å². The molecule has 1 rings (SSSR count). The second kappa shape index (κ2) is 5.87. The van der Waals surface area contributed by atoms with E-state index in [9.17, 15) is 23.3 Å². The molecule has 0 saturated heterocycles. The first-order valence-electron chi connectivity index (χ1n) is 5.55. The molecule has 0 heterocycles. The predicted molar refractivity (Wildman–Crippen MR) is 64.5 cm³/mol. The Hall–Kier alpha value is -1.83. The molecule has 0 atom stereocenters. The van der Waals surface area contributed by atoms with Gasteiger partial charge in [0, 0.05) is 12.6 Å². The molecule has 0 aliphatic rings. The highest BCUT2D eigenvalue weighted by atomic mass is 19.4. The first-order valence-corrected chi connectivity index (χ1v) is 5.55. The highest BCUT2D eigenvalue weighted by Gasteiger charge is 2.30. The topological polar surface area (TPSA) is 72.4 Å². The van der Waals surface area contributed by atoms with Gasteiger partial charge in [-0.2, -0.15) is 13.2 Å². The third kappa shape index (κ3) is 4.40. The molecule has 0 spiro atoms. The van der Waals surface area contributed by atoms with Crippen molar-refractivity contribution >= 4 is 11.4 Å². The van der Waals surface area contributed by atoms with Gasteiger partial charge in [0.05, 0.1) is 11.5 Å². The van der Waals surface area contributed by atoms with Gasteiger partial charge in [-0.3, -0.25) is 15.0 Å². The molecule has 0 unspecified atom stereocenters. The van der Waals surface area contributed by atoms with Crippen molar-refractivity contribution in [3.05, 3.63) is 33.9 Å². The summed E-state index contributed by atoms with van der Waals surface area (Å²) < 4.78 is 37.0. The summed E-state index contributed by atoms with van der Waals surface area (Å²) in [5, 5.41) is 10.7. The maximum Gasteiger partial charge on any atom is 0.401 e. The Labute approximate surface area is 108 Å². The van der Waals surface area contributed by atoms with Crippen LogP contribution in [-0.4, -0.2) is 29.1 Å². The molecule has 2 N–H and O–H groups in total. The largest absolute Gasteiger partial charge is 0.401 e. The fraction of sp³-hybridized carbons (Fsp3) is 0.455. The first-order chi connectivity index (χ1) is 8.74. The lowest BCUT2D eigenvalue weighted by atomic mass is 10.1. The summed E-state index contributed by atoms with van der Waals surface area (Å²) in [6.07, 6.45) is -4.31. The van der Waals surface area contributed by atoms with Gasteiger partial charge >= 0.3 is 6.18 Å². The summed E-state index contributed by atoms with van der Waals surface area (Å²) in [6.45, 7) is 0.593. The van der Waals surface area contributed by atoms with Crippen molar-refractivity contribution in [2.24, 2.45) is 0 Å². The summed E-state index contributed by atoms with van der Waals surface area (Å²) in [6, 6.07) is 4.12. The molecule has 0 radical (unpaired) electrons. The second-order valence-corrected chi connectivity index (χ2v) is 4.03. The first kappa shape index (κ1) is 15.2. The second-order valence-electron chi connectivity index (χ2n) is 4.03. The van der Waals surface area contributed by atoms with Crippen molar-refractivity contribution in [1.29, 1.82) is 0 Å². The van der Waals surface area contributed by atoms with Crippen LogP contribution in [0.25, 0.3) is 0 Å². The zero-order valence-electron chi connectivity index (χ0n) is 10.3. The number of para-hydroxylation sites is 1. The average molecular weight is 277 g/mol. The number of alkyl halides is 3. The fourth-order valence-corrected chi connectivity index (χ4v) is 1.67. The van der Waals surface area contributed by atoms with E-state index in [1.807, 2.05) is 0 Å². The molecule has 8 heteroatoms. The molecule has 0 bridgehead atoms. The van der Waals surface area contributed by atoms with E-state index >= 15 is 0 Å². The molecular weight excluding hydrogens is 263 g/mol. The van der Waals surface area contributed by atoms with Crippen LogP contribution in [0.5, 0.6) is 0 Å². The maximum absolute atomic E-state index is 12.3. The number of nitrogens with two attached hydrogens (primary N) is 1. The minimum Gasteiger partial charge on any atom is -0.393 e. The quantitative estimate of drug-likeness (QED) is 0.510. The number of nitrogens with zero attached hydrogens (tertiary/aromatic N) is 2. The Kier molecular flexibility index (Phi) is 4.71. The lowest BCUT2D eigenvalue weighted by Gasteiger charge is -2.22. The van der Waals surface area contributed by atoms with E-state index in [1.54, 1.807) is 6.92 Å². The Morgan fingerprint density at radius 2 is 2.05 bits per heavy atom. The number of nitro groups is 1. The van der Waals surface area contributed by atoms with Crippen LogP contribution in [0.15, 0.2) is 18.2 Å². The maximum atomic E-state index is 12.3. The number of nitro benzene ring substituents is 1. The number of rotatable bonds is 5. The van der Waals surface area contributed by atoms with Crippen molar-refractivity contribution in [2.45, 2.75) is 19.6 Å². The lowest BCUT2D eigenvalue weighted by molar-refractivity contribution is -0.384. The molecule has 1 aromatic carbocycles. The number of halogens is 3. The summed E-state index contributed by atoms with van der Waals surface area (Å²) in [7, 11) is 0. The highest BCUT2D eigenvalue weighted by Crippen LogP contribution is 2.26. The van der Waals surface area contributed by atoms with E-state index in [-0.39, 0.29) is 24.5 Å². The Bertz CT molecular complexity index is 463. The van der Waals surface area contributed by atoms with Crippen LogP contribution < -0.4 is 5.73 Å². The van der Waals surface area contributed by atoms with Crippen LogP contribution in [0.4, 0.5) is 24.5 Å². The molecule has 1 aromatic rings. The molecule has 0 saturated carbocycles. The van der Waals surface area contributed by atoms with E-state index in [1.165, 1.54) is 18.2 Å². The standard InChI is InChI=1S/C11H14F3N3O2/c1-2-16(7-11(12,13)14)6-8-4-3-5-9(10(8)15)17(18)19/h3-5H,2,6-7,15H2,1H3. The van der Waals surface area contributed by atoms with Crippen LogP contribution in [0.2, 0.25) is 0 Å². The van der Waals surface area contributed by atoms with E-state index in [0.717, 1.165) is 4.90 Å². The molecule has 5 nitrogen and oxygen atoms in total. The zero-order valence-corrected chi connectivity index (χ0v) is 10.3. The third-order valence-electron chi connectivity index (χ3n) is 2.61. The minimum absolute atomic E-state index is 0.0798. The van der Waals surface area contributed by atoms with Gasteiger partial charge in [-0.15, -0.1) is 0 Å². The normalized spacial score (nSPS) is 11.8. The number of nitrogen functional groups attached to an aromatic ring is 1. The average Bonchev–Trinajstić information content (AvgIpc) is 2.28. The summed E-state index contributed by atoms with van der Waals surface area (Å²) in [5.41, 5.74) is 5.54. The van der Waals surface area contributed by atoms with E-state index in [4.69, 9.17) is 5.73 Å². The van der Waals surface area contributed by atoms with Crippen LogP contribution in [-0.2, 0) is 6.54 Å². The fourth-order valence-electron chi connectivity index (χ4n) is 1.67. The van der Waals surface area contributed by atoms with Gasteiger partial charge in [-0.1, -0.05) is 19.1 Å². The molecule has 0 aliphatic carbocycles. The molecule has 0 fully saturated rings. The van der Waals surface area contributed by atoms with E-state index in [2.05, 4.69) is 0 Å². The number of anilines is 1.